The average molecular weight is 234 g/mol. The van der Waals surface area contributed by atoms with Crippen molar-refractivity contribution in [2.45, 2.75) is 0 Å². The number of fused-ring (bicyclic) bond motifs is 1. The second-order valence-electron chi connectivity index (χ2n) is 3.92. The molecule has 2 rings (SSSR count). The van der Waals surface area contributed by atoms with Crippen molar-refractivity contribution < 1.29 is 14.0 Å². The molecule has 0 saturated heterocycles. The first-order valence-corrected chi connectivity index (χ1v) is 5.03. The van der Waals surface area contributed by atoms with Crippen LogP contribution in [0, 0.1) is 5.82 Å². The number of hydrogen-bond donors (Lipinski definition) is 1. The summed E-state index contributed by atoms with van der Waals surface area (Å²) in [5.74, 6) is -1.60. The fourth-order valence-corrected chi connectivity index (χ4v) is 1.60. The highest BCUT2D eigenvalue weighted by Crippen LogP contribution is 2.20. The SMILES string of the molecule is CN(C)C(=O)C(=O)c1c[nH]c2cc(F)ccc12. The minimum Gasteiger partial charge on any atom is -0.360 e. The Morgan fingerprint density at radius 3 is 2.65 bits per heavy atom. The van der Waals surface area contributed by atoms with Gasteiger partial charge >= 0.3 is 0 Å². The number of H-pyrrole nitrogens is 1. The molecule has 1 heterocycles. The Bertz CT molecular complexity index is 602. The summed E-state index contributed by atoms with van der Waals surface area (Å²) in [6.45, 7) is 0. The maximum absolute atomic E-state index is 13.0. The fourth-order valence-electron chi connectivity index (χ4n) is 1.60. The van der Waals surface area contributed by atoms with E-state index in [1.807, 2.05) is 0 Å². The summed E-state index contributed by atoms with van der Waals surface area (Å²) in [5, 5.41) is 0.548. The molecule has 0 saturated carbocycles. The molecule has 1 amide bonds. The van der Waals surface area contributed by atoms with Crippen molar-refractivity contribution in [2.24, 2.45) is 0 Å². The summed E-state index contributed by atoms with van der Waals surface area (Å²) in [6.07, 6.45) is 1.42. The van der Waals surface area contributed by atoms with Crippen LogP contribution in [-0.2, 0) is 4.79 Å². The van der Waals surface area contributed by atoms with Gasteiger partial charge in [-0.25, -0.2) is 4.39 Å². The Morgan fingerprint density at radius 1 is 1.29 bits per heavy atom. The number of likely N-dealkylation sites (N-methyl/N-ethyl adjacent to an activating group) is 1. The first kappa shape index (κ1) is 11.3. The molecule has 1 aromatic carbocycles. The second kappa shape index (κ2) is 4.01. The van der Waals surface area contributed by atoms with E-state index in [9.17, 15) is 14.0 Å². The van der Waals surface area contributed by atoms with E-state index in [4.69, 9.17) is 0 Å². The number of amides is 1. The molecule has 0 fully saturated rings. The van der Waals surface area contributed by atoms with Crippen LogP contribution in [0.1, 0.15) is 10.4 Å². The zero-order valence-corrected chi connectivity index (χ0v) is 9.45. The summed E-state index contributed by atoms with van der Waals surface area (Å²) in [4.78, 5) is 27.4. The van der Waals surface area contributed by atoms with Gasteiger partial charge in [-0.3, -0.25) is 9.59 Å². The molecule has 88 valence electrons. The Labute approximate surface area is 97.0 Å². The third kappa shape index (κ3) is 1.91. The molecule has 5 heteroatoms. The molecule has 0 aliphatic heterocycles. The first-order chi connectivity index (χ1) is 8.00. The molecular formula is C12H11FN2O2. The summed E-state index contributed by atoms with van der Waals surface area (Å²) < 4.78 is 13.0. The van der Waals surface area contributed by atoms with Gasteiger partial charge in [0.1, 0.15) is 5.82 Å². The van der Waals surface area contributed by atoms with E-state index in [2.05, 4.69) is 4.98 Å². The van der Waals surface area contributed by atoms with Crippen LogP contribution < -0.4 is 0 Å². The van der Waals surface area contributed by atoms with Crippen molar-refractivity contribution >= 4 is 22.6 Å². The average Bonchev–Trinajstić information content (AvgIpc) is 2.69. The summed E-state index contributed by atoms with van der Waals surface area (Å²) in [5.41, 5.74) is 0.763. The van der Waals surface area contributed by atoms with Crippen LogP contribution in [0.5, 0.6) is 0 Å². The number of rotatable bonds is 2. The number of Topliss-reactive ketones (excluding diaryl/α,β-unsaturated/α-hetero) is 1. The molecule has 2 aromatic rings. The third-order valence-corrected chi connectivity index (χ3v) is 2.49. The van der Waals surface area contributed by atoms with Gasteiger partial charge in [0.05, 0.1) is 5.56 Å². The summed E-state index contributed by atoms with van der Waals surface area (Å²) in [7, 11) is 3.02. The number of aromatic nitrogens is 1. The van der Waals surface area contributed by atoms with Crippen LogP contribution in [0.15, 0.2) is 24.4 Å². The first-order valence-electron chi connectivity index (χ1n) is 5.03. The maximum atomic E-state index is 13.0. The van der Waals surface area contributed by atoms with Crippen molar-refractivity contribution in [1.82, 2.24) is 9.88 Å². The highest BCUT2D eigenvalue weighted by molar-refractivity contribution is 6.44. The molecule has 0 atom stereocenters. The molecule has 0 bridgehead atoms. The Kier molecular flexibility index (Phi) is 2.67. The van der Waals surface area contributed by atoms with Crippen LogP contribution >= 0.6 is 0 Å². The quantitative estimate of drug-likeness (QED) is 0.633. The zero-order valence-electron chi connectivity index (χ0n) is 9.45. The largest absolute Gasteiger partial charge is 0.360 e. The van der Waals surface area contributed by atoms with Crippen molar-refractivity contribution in [3.8, 4) is 0 Å². The number of benzene rings is 1. The van der Waals surface area contributed by atoms with E-state index in [0.717, 1.165) is 0 Å². The smallest absolute Gasteiger partial charge is 0.294 e. The van der Waals surface area contributed by atoms with Crippen LogP contribution in [-0.4, -0.2) is 35.7 Å². The highest BCUT2D eigenvalue weighted by Gasteiger charge is 2.21. The van der Waals surface area contributed by atoms with Gasteiger partial charge in [0.15, 0.2) is 0 Å². The number of nitrogens with one attached hydrogen (secondary N) is 1. The number of carbonyl (C=O) groups is 2. The molecule has 4 nitrogen and oxygen atoms in total. The van der Waals surface area contributed by atoms with Gasteiger partial charge in [0.2, 0.25) is 0 Å². The Morgan fingerprint density at radius 2 is 2.00 bits per heavy atom. The lowest BCUT2D eigenvalue weighted by atomic mass is 10.1. The van der Waals surface area contributed by atoms with E-state index < -0.39 is 17.5 Å². The van der Waals surface area contributed by atoms with Crippen LogP contribution in [0.3, 0.4) is 0 Å². The second-order valence-corrected chi connectivity index (χ2v) is 3.92. The van der Waals surface area contributed by atoms with Crippen molar-refractivity contribution in [3.63, 3.8) is 0 Å². The van der Waals surface area contributed by atoms with Gasteiger partial charge in [-0.15, -0.1) is 0 Å². The summed E-state index contributed by atoms with van der Waals surface area (Å²) in [6, 6.07) is 4.02. The van der Waals surface area contributed by atoms with E-state index >= 15 is 0 Å². The normalized spacial score (nSPS) is 10.5. The van der Waals surface area contributed by atoms with Crippen molar-refractivity contribution in [3.05, 3.63) is 35.8 Å². The van der Waals surface area contributed by atoms with Gasteiger partial charge in [-0.05, 0) is 18.2 Å². The van der Waals surface area contributed by atoms with E-state index in [0.29, 0.717) is 10.9 Å². The molecule has 1 aromatic heterocycles. The Balaban J connectivity index is 2.50. The van der Waals surface area contributed by atoms with Gasteiger partial charge in [-0.1, -0.05) is 0 Å². The topological polar surface area (TPSA) is 53.2 Å². The minimum atomic E-state index is -0.604. The predicted octanol–water partition coefficient (Wildman–Crippen LogP) is 1.58. The highest BCUT2D eigenvalue weighted by atomic mass is 19.1. The monoisotopic (exact) mass is 234 g/mol. The maximum Gasteiger partial charge on any atom is 0.294 e. The van der Waals surface area contributed by atoms with Gasteiger partial charge in [0.25, 0.3) is 11.7 Å². The molecule has 17 heavy (non-hydrogen) atoms. The van der Waals surface area contributed by atoms with Crippen LogP contribution in [0.2, 0.25) is 0 Å². The summed E-state index contributed by atoms with van der Waals surface area (Å²) >= 11 is 0. The van der Waals surface area contributed by atoms with Crippen LogP contribution in [0.25, 0.3) is 10.9 Å². The molecule has 0 aliphatic rings. The van der Waals surface area contributed by atoms with Gasteiger partial charge < -0.3 is 9.88 Å². The predicted molar refractivity (Wildman–Crippen MR) is 61.3 cm³/mol. The lowest BCUT2D eigenvalue weighted by molar-refractivity contribution is -0.124. The number of hydrogen-bond acceptors (Lipinski definition) is 2. The van der Waals surface area contributed by atoms with Crippen molar-refractivity contribution in [2.75, 3.05) is 14.1 Å². The lowest BCUT2D eigenvalue weighted by Gasteiger charge is -2.07. The van der Waals surface area contributed by atoms with Gasteiger partial charge in [0, 0.05) is 31.2 Å². The number of carbonyl (C=O) groups excluding carboxylic acids is 2. The molecule has 1 N–H and O–H groups in total. The van der Waals surface area contributed by atoms with Crippen LogP contribution in [0.4, 0.5) is 4.39 Å². The molecule has 0 unspecified atom stereocenters. The third-order valence-electron chi connectivity index (χ3n) is 2.49. The number of halogens is 1. The standard InChI is InChI=1S/C12H11FN2O2/c1-15(2)12(17)11(16)9-6-14-10-5-7(13)3-4-8(9)10/h3-6,14H,1-2H3. The molecule has 0 aliphatic carbocycles. The number of ketones is 1. The zero-order chi connectivity index (χ0) is 12.6. The number of aromatic amines is 1. The Hall–Kier alpha value is -2.17. The van der Waals surface area contributed by atoms with E-state index in [1.165, 1.54) is 43.4 Å². The molecule has 0 spiro atoms. The fraction of sp³-hybridized carbons (Fsp3) is 0.167. The molecule has 0 radical (unpaired) electrons. The number of nitrogens with zero attached hydrogens (tertiary/aromatic N) is 1. The molecular weight excluding hydrogens is 223 g/mol. The lowest BCUT2D eigenvalue weighted by Crippen LogP contribution is -2.29. The van der Waals surface area contributed by atoms with E-state index in [-0.39, 0.29) is 5.56 Å². The van der Waals surface area contributed by atoms with Gasteiger partial charge in [-0.2, -0.15) is 0 Å². The van der Waals surface area contributed by atoms with E-state index in [1.54, 1.807) is 0 Å². The minimum absolute atomic E-state index is 0.263. The van der Waals surface area contributed by atoms with Crippen molar-refractivity contribution in [1.29, 1.82) is 0 Å².